The van der Waals surface area contributed by atoms with Gasteiger partial charge >= 0.3 is 0 Å². The number of nitrogens with zero attached hydrogens (tertiary/aromatic N) is 1. The van der Waals surface area contributed by atoms with Crippen molar-refractivity contribution in [1.82, 2.24) is 15.8 Å². The Balaban J connectivity index is 1.52. The number of carbonyl (C=O) groups excluding carboxylic acids is 3. The van der Waals surface area contributed by atoms with Crippen molar-refractivity contribution in [3.63, 3.8) is 0 Å². The highest BCUT2D eigenvalue weighted by Crippen LogP contribution is 2.20. The summed E-state index contributed by atoms with van der Waals surface area (Å²) in [5.41, 5.74) is 7.30. The first-order valence-electron chi connectivity index (χ1n) is 8.51. The highest BCUT2D eigenvalue weighted by Gasteiger charge is 2.34. The van der Waals surface area contributed by atoms with Crippen LogP contribution in [0.15, 0.2) is 54.6 Å². The third kappa shape index (κ3) is 4.27. The molecule has 1 aliphatic heterocycles. The van der Waals surface area contributed by atoms with Gasteiger partial charge in [0.2, 0.25) is 11.8 Å². The van der Waals surface area contributed by atoms with Gasteiger partial charge in [-0.25, -0.2) is 0 Å². The Labute approximate surface area is 152 Å². The highest BCUT2D eigenvalue weighted by atomic mass is 16.2. The predicted molar refractivity (Wildman–Crippen MR) is 96.8 cm³/mol. The first-order valence-corrected chi connectivity index (χ1v) is 8.51. The summed E-state index contributed by atoms with van der Waals surface area (Å²) in [6, 6.07) is 16.7. The van der Waals surface area contributed by atoms with Gasteiger partial charge in [0.25, 0.3) is 5.91 Å². The molecule has 0 aliphatic carbocycles. The largest absolute Gasteiger partial charge is 0.338 e. The average molecular weight is 351 g/mol. The minimum absolute atomic E-state index is 0.0565. The molecule has 1 atom stereocenters. The number of benzene rings is 2. The van der Waals surface area contributed by atoms with Crippen LogP contribution in [0.1, 0.15) is 27.9 Å². The van der Waals surface area contributed by atoms with Crippen LogP contribution in [0, 0.1) is 12.8 Å². The van der Waals surface area contributed by atoms with Crippen LogP contribution in [0.5, 0.6) is 0 Å². The van der Waals surface area contributed by atoms with Gasteiger partial charge in [0.1, 0.15) is 0 Å². The van der Waals surface area contributed by atoms with Crippen LogP contribution in [0.2, 0.25) is 0 Å². The van der Waals surface area contributed by atoms with E-state index in [4.69, 9.17) is 0 Å². The SMILES string of the molecule is Cc1cccc(C(=O)NNC(=O)C2CC(=O)N(Cc3ccccc3)C2)c1. The average Bonchev–Trinajstić information content (AvgIpc) is 3.01. The fraction of sp³-hybridized carbons (Fsp3) is 0.250. The molecule has 1 heterocycles. The lowest BCUT2D eigenvalue weighted by Gasteiger charge is -2.16. The Morgan fingerprint density at radius 3 is 2.58 bits per heavy atom. The minimum Gasteiger partial charge on any atom is -0.338 e. The third-order valence-corrected chi connectivity index (χ3v) is 4.38. The second-order valence-electron chi connectivity index (χ2n) is 6.47. The first kappa shape index (κ1) is 17.7. The number of amides is 3. The van der Waals surface area contributed by atoms with Crippen LogP contribution in [0.3, 0.4) is 0 Å². The second kappa shape index (κ2) is 7.82. The van der Waals surface area contributed by atoms with Gasteiger partial charge in [0, 0.05) is 25.1 Å². The van der Waals surface area contributed by atoms with E-state index in [-0.39, 0.29) is 24.1 Å². The molecule has 1 fully saturated rings. The van der Waals surface area contributed by atoms with Crippen LogP contribution >= 0.6 is 0 Å². The molecule has 1 saturated heterocycles. The van der Waals surface area contributed by atoms with Crippen molar-refractivity contribution >= 4 is 17.7 Å². The van der Waals surface area contributed by atoms with E-state index in [1.165, 1.54) is 0 Å². The van der Waals surface area contributed by atoms with Crippen LogP contribution < -0.4 is 10.9 Å². The third-order valence-electron chi connectivity index (χ3n) is 4.38. The summed E-state index contributed by atoms with van der Waals surface area (Å²) in [4.78, 5) is 38.2. The minimum atomic E-state index is -0.468. The van der Waals surface area contributed by atoms with E-state index in [1.54, 1.807) is 23.1 Å². The molecular formula is C20H21N3O3. The lowest BCUT2D eigenvalue weighted by Crippen LogP contribution is -2.45. The molecule has 3 amide bonds. The van der Waals surface area contributed by atoms with Crippen molar-refractivity contribution in [2.24, 2.45) is 5.92 Å². The molecule has 3 rings (SSSR count). The normalized spacial score (nSPS) is 16.4. The molecule has 2 aromatic rings. The number of rotatable bonds is 4. The fourth-order valence-electron chi connectivity index (χ4n) is 2.98. The van der Waals surface area contributed by atoms with Gasteiger partial charge in [-0.1, -0.05) is 48.0 Å². The Morgan fingerprint density at radius 2 is 1.85 bits per heavy atom. The van der Waals surface area contributed by atoms with Crippen LogP contribution in [-0.2, 0) is 16.1 Å². The van der Waals surface area contributed by atoms with Gasteiger partial charge in [0.15, 0.2) is 0 Å². The Bertz CT molecular complexity index is 820. The zero-order valence-electron chi connectivity index (χ0n) is 14.6. The Kier molecular flexibility index (Phi) is 5.31. The second-order valence-corrected chi connectivity index (χ2v) is 6.47. The molecule has 6 nitrogen and oxygen atoms in total. The maximum atomic E-state index is 12.3. The van der Waals surface area contributed by atoms with E-state index in [0.29, 0.717) is 18.7 Å². The summed E-state index contributed by atoms with van der Waals surface area (Å²) in [6.07, 6.45) is 0.152. The van der Waals surface area contributed by atoms with Crippen molar-refractivity contribution < 1.29 is 14.4 Å². The molecule has 0 radical (unpaired) electrons. The summed E-state index contributed by atoms with van der Waals surface area (Å²) >= 11 is 0. The van der Waals surface area contributed by atoms with Crippen molar-refractivity contribution in [3.05, 3.63) is 71.3 Å². The summed E-state index contributed by atoms with van der Waals surface area (Å²) < 4.78 is 0. The molecule has 0 aromatic heterocycles. The predicted octanol–water partition coefficient (Wildman–Crippen LogP) is 1.80. The van der Waals surface area contributed by atoms with Crippen LogP contribution in [0.4, 0.5) is 0 Å². The molecule has 0 bridgehead atoms. The maximum Gasteiger partial charge on any atom is 0.269 e. The standard InChI is InChI=1S/C20H21N3O3/c1-14-6-5-9-16(10-14)19(25)21-22-20(26)17-11-18(24)23(13-17)12-15-7-3-2-4-8-15/h2-10,17H,11-13H2,1H3,(H,21,25)(H,22,26). The highest BCUT2D eigenvalue weighted by molar-refractivity contribution is 5.96. The molecule has 26 heavy (non-hydrogen) atoms. The smallest absolute Gasteiger partial charge is 0.269 e. The van der Waals surface area contributed by atoms with Crippen molar-refractivity contribution in [3.8, 4) is 0 Å². The molecule has 134 valence electrons. The van der Waals surface area contributed by atoms with E-state index >= 15 is 0 Å². The molecule has 0 saturated carbocycles. The van der Waals surface area contributed by atoms with E-state index in [0.717, 1.165) is 11.1 Å². The Morgan fingerprint density at radius 1 is 1.08 bits per heavy atom. The molecule has 1 aliphatic rings. The number of carbonyl (C=O) groups is 3. The van der Waals surface area contributed by atoms with Gasteiger partial charge in [-0.2, -0.15) is 0 Å². The number of hydrogen-bond acceptors (Lipinski definition) is 3. The quantitative estimate of drug-likeness (QED) is 0.825. The summed E-state index contributed by atoms with van der Waals surface area (Å²) in [5, 5.41) is 0. The van der Waals surface area contributed by atoms with Crippen LogP contribution in [-0.4, -0.2) is 29.2 Å². The number of hydrazine groups is 1. The molecule has 1 unspecified atom stereocenters. The number of likely N-dealkylation sites (tertiary alicyclic amines) is 1. The van der Waals surface area contributed by atoms with E-state index in [1.807, 2.05) is 43.3 Å². The zero-order valence-corrected chi connectivity index (χ0v) is 14.6. The van der Waals surface area contributed by atoms with E-state index in [9.17, 15) is 14.4 Å². The summed E-state index contributed by atoms with van der Waals surface area (Å²) in [5.74, 6) is -1.26. The van der Waals surface area contributed by atoms with Gasteiger partial charge in [-0.15, -0.1) is 0 Å². The van der Waals surface area contributed by atoms with Crippen molar-refractivity contribution in [2.75, 3.05) is 6.54 Å². The summed E-state index contributed by atoms with van der Waals surface area (Å²) in [6.45, 7) is 2.72. The summed E-state index contributed by atoms with van der Waals surface area (Å²) in [7, 11) is 0. The lowest BCUT2D eigenvalue weighted by atomic mass is 10.1. The molecule has 0 spiro atoms. The molecule has 6 heteroatoms. The molecule has 2 aromatic carbocycles. The number of hydrogen-bond donors (Lipinski definition) is 2. The van der Waals surface area contributed by atoms with Crippen molar-refractivity contribution in [2.45, 2.75) is 19.9 Å². The molecular weight excluding hydrogens is 330 g/mol. The fourth-order valence-corrected chi connectivity index (χ4v) is 2.98. The number of aryl methyl sites for hydroxylation is 1. The number of nitrogens with one attached hydrogen (secondary N) is 2. The van der Waals surface area contributed by atoms with Crippen molar-refractivity contribution in [1.29, 1.82) is 0 Å². The zero-order chi connectivity index (χ0) is 18.5. The monoisotopic (exact) mass is 351 g/mol. The van der Waals surface area contributed by atoms with E-state index < -0.39 is 5.92 Å². The lowest BCUT2D eigenvalue weighted by molar-refractivity contribution is -0.129. The first-order chi connectivity index (χ1) is 12.5. The topological polar surface area (TPSA) is 78.5 Å². The van der Waals surface area contributed by atoms with Gasteiger partial charge in [0.05, 0.1) is 5.92 Å². The van der Waals surface area contributed by atoms with Crippen LogP contribution in [0.25, 0.3) is 0 Å². The maximum absolute atomic E-state index is 12.3. The Hall–Kier alpha value is -3.15. The van der Waals surface area contributed by atoms with Gasteiger partial charge in [-0.05, 0) is 24.6 Å². The van der Waals surface area contributed by atoms with Gasteiger partial charge in [-0.3, -0.25) is 25.2 Å². The molecule has 2 N–H and O–H groups in total. The van der Waals surface area contributed by atoms with E-state index in [2.05, 4.69) is 10.9 Å². The van der Waals surface area contributed by atoms with Gasteiger partial charge < -0.3 is 4.90 Å².